The summed E-state index contributed by atoms with van der Waals surface area (Å²) in [6.45, 7) is 12.5. The molecule has 26 heavy (non-hydrogen) atoms. The van der Waals surface area contributed by atoms with Gasteiger partial charge in [0.15, 0.2) is 11.6 Å². The summed E-state index contributed by atoms with van der Waals surface area (Å²) in [4.78, 5) is 12.2. The summed E-state index contributed by atoms with van der Waals surface area (Å²) in [6, 6.07) is 0. The standard InChI is InChI=1S/C18H30O8/c1-15(2,3)23-12(20)8-11(19)18-14(25-17(6,7)26-18)13-10(9-21-18)22-16(4,5)24-13/h10-11,13-14,19H,8-9H2,1-7H3/t10-,11+,13-,14+,18+/m1/s1. The molecular weight excluding hydrogens is 344 g/mol. The van der Waals surface area contributed by atoms with Crippen molar-refractivity contribution in [2.24, 2.45) is 0 Å². The zero-order valence-corrected chi connectivity index (χ0v) is 16.5. The number of rotatable bonds is 3. The molecule has 8 heteroatoms. The lowest BCUT2D eigenvalue weighted by Gasteiger charge is -2.43. The van der Waals surface area contributed by atoms with E-state index in [4.69, 9.17) is 28.4 Å². The fraction of sp³-hybridized carbons (Fsp3) is 0.944. The fourth-order valence-electron chi connectivity index (χ4n) is 3.76. The first kappa shape index (κ1) is 20.0. The summed E-state index contributed by atoms with van der Waals surface area (Å²) >= 11 is 0. The molecule has 3 heterocycles. The number of hydrogen-bond donors (Lipinski definition) is 1. The second kappa shape index (κ2) is 6.12. The summed E-state index contributed by atoms with van der Waals surface area (Å²) < 4.78 is 35.0. The van der Waals surface area contributed by atoms with Crippen LogP contribution in [0, 0.1) is 0 Å². The van der Waals surface area contributed by atoms with E-state index in [9.17, 15) is 9.90 Å². The monoisotopic (exact) mass is 374 g/mol. The van der Waals surface area contributed by atoms with Gasteiger partial charge in [0.2, 0.25) is 5.79 Å². The zero-order valence-electron chi connectivity index (χ0n) is 16.5. The van der Waals surface area contributed by atoms with Gasteiger partial charge in [0.1, 0.15) is 30.0 Å². The number of carbonyl (C=O) groups excluding carboxylic acids is 1. The molecule has 0 unspecified atom stereocenters. The van der Waals surface area contributed by atoms with Crippen LogP contribution in [0.25, 0.3) is 0 Å². The van der Waals surface area contributed by atoms with Gasteiger partial charge in [-0.1, -0.05) is 0 Å². The Morgan fingerprint density at radius 1 is 1.15 bits per heavy atom. The second-order valence-corrected chi connectivity index (χ2v) is 9.02. The van der Waals surface area contributed by atoms with Gasteiger partial charge in [-0.15, -0.1) is 0 Å². The minimum Gasteiger partial charge on any atom is -0.460 e. The third-order valence-corrected chi connectivity index (χ3v) is 4.45. The van der Waals surface area contributed by atoms with Crippen LogP contribution < -0.4 is 0 Å². The van der Waals surface area contributed by atoms with E-state index >= 15 is 0 Å². The highest BCUT2D eigenvalue weighted by molar-refractivity contribution is 5.70. The topological polar surface area (TPSA) is 92.7 Å². The van der Waals surface area contributed by atoms with E-state index < -0.39 is 47.2 Å². The van der Waals surface area contributed by atoms with E-state index in [1.54, 1.807) is 34.6 Å². The third-order valence-electron chi connectivity index (χ3n) is 4.45. The van der Waals surface area contributed by atoms with E-state index in [-0.39, 0.29) is 19.1 Å². The number of fused-ring (bicyclic) bond motifs is 3. The first-order valence-electron chi connectivity index (χ1n) is 9.01. The molecule has 0 bridgehead atoms. The Labute approximate surface area is 154 Å². The molecule has 0 aromatic rings. The van der Waals surface area contributed by atoms with E-state index in [0.29, 0.717) is 0 Å². The summed E-state index contributed by atoms with van der Waals surface area (Å²) in [5.41, 5.74) is -0.648. The summed E-state index contributed by atoms with van der Waals surface area (Å²) in [5, 5.41) is 10.9. The minimum atomic E-state index is -1.52. The molecule has 5 atom stereocenters. The van der Waals surface area contributed by atoms with Crippen molar-refractivity contribution < 1.29 is 38.3 Å². The van der Waals surface area contributed by atoms with Gasteiger partial charge in [-0.2, -0.15) is 0 Å². The van der Waals surface area contributed by atoms with Crippen molar-refractivity contribution >= 4 is 5.97 Å². The quantitative estimate of drug-likeness (QED) is 0.743. The Kier molecular flexibility index (Phi) is 4.70. The van der Waals surface area contributed by atoms with Gasteiger partial charge in [0, 0.05) is 0 Å². The van der Waals surface area contributed by atoms with Crippen LogP contribution in [0.15, 0.2) is 0 Å². The number of carbonyl (C=O) groups is 1. The van der Waals surface area contributed by atoms with Crippen LogP contribution in [0.1, 0.15) is 54.9 Å². The van der Waals surface area contributed by atoms with Crippen LogP contribution in [0.5, 0.6) is 0 Å². The maximum atomic E-state index is 12.2. The van der Waals surface area contributed by atoms with Crippen LogP contribution in [0.4, 0.5) is 0 Å². The molecule has 1 N–H and O–H groups in total. The summed E-state index contributed by atoms with van der Waals surface area (Å²) in [5.74, 6) is -3.86. The average Bonchev–Trinajstić information content (AvgIpc) is 2.88. The molecule has 0 aromatic heterocycles. The van der Waals surface area contributed by atoms with Crippen LogP contribution >= 0.6 is 0 Å². The van der Waals surface area contributed by atoms with Crippen molar-refractivity contribution in [1.82, 2.24) is 0 Å². The molecule has 8 nitrogen and oxygen atoms in total. The molecule has 0 aliphatic carbocycles. The fourth-order valence-corrected chi connectivity index (χ4v) is 3.76. The second-order valence-electron chi connectivity index (χ2n) is 9.02. The third kappa shape index (κ3) is 3.76. The Morgan fingerprint density at radius 3 is 2.42 bits per heavy atom. The predicted octanol–water partition coefficient (Wildman–Crippen LogP) is 1.48. The lowest BCUT2D eigenvalue weighted by Crippen LogP contribution is -2.64. The van der Waals surface area contributed by atoms with Crippen LogP contribution in [-0.4, -0.2) is 65.1 Å². The normalized spacial score (nSPS) is 39.2. The average molecular weight is 374 g/mol. The van der Waals surface area contributed by atoms with Crippen molar-refractivity contribution in [1.29, 1.82) is 0 Å². The molecule has 0 radical (unpaired) electrons. The number of aliphatic hydroxyl groups excluding tert-OH is 1. The Bertz CT molecular complexity index is 566. The molecule has 0 saturated carbocycles. The smallest absolute Gasteiger partial charge is 0.309 e. The molecule has 150 valence electrons. The Balaban J connectivity index is 1.82. The molecular formula is C18H30O8. The first-order chi connectivity index (χ1) is 11.7. The predicted molar refractivity (Wildman–Crippen MR) is 89.0 cm³/mol. The molecule has 3 saturated heterocycles. The number of esters is 1. The van der Waals surface area contributed by atoms with E-state index in [2.05, 4.69) is 0 Å². The molecule has 3 fully saturated rings. The molecule has 3 aliphatic heterocycles. The van der Waals surface area contributed by atoms with Crippen molar-refractivity contribution in [3.63, 3.8) is 0 Å². The summed E-state index contributed by atoms with van der Waals surface area (Å²) in [6.07, 6.45) is -3.12. The van der Waals surface area contributed by atoms with E-state index in [1.165, 1.54) is 0 Å². The van der Waals surface area contributed by atoms with Gasteiger partial charge in [0.25, 0.3) is 0 Å². The van der Waals surface area contributed by atoms with Gasteiger partial charge in [-0.3, -0.25) is 4.79 Å². The largest absolute Gasteiger partial charge is 0.460 e. The van der Waals surface area contributed by atoms with E-state index in [0.717, 1.165) is 0 Å². The molecule has 0 aromatic carbocycles. The molecule has 0 spiro atoms. The SMILES string of the molecule is CC(C)(C)OC(=O)C[C@H](O)[C@@]12OC[C@H]3OC(C)(C)O[C@H]3[C@@H]1OC(C)(C)O2. The first-order valence-corrected chi connectivity index (χ1v) is 9.01. The summed E-state index contributed by atoms with van der Waals surface area (Å²) in [7, 11) is 0. The maximum absolute atomic E-state index is 12.2. The van der Waals surface area contributed by atoms with Gasteiger partial charge in [-0.25, -0.2) is 0 Å². The highest BCUT2D eigenvalue weighted by atomic mass is 16.9. The van der Waals surface area contributed by atoms with Gasteiger partial charge < -0.3 is 33.5 Å². The van der Waals surface area contributed by atoms with Crippen LogP contribution in [0.2, 0.25) is 0 Å². The lowest BCUT2D eigenvalue weighted by molar-refractivity contribution is -0.318. The van der Waals surface area contributed by atoms with E-state index in [1.807, 2.05) is 13.8 Å². The van der Waals surface area contributed by atoms with Gasteiger partial charge in [0.05, 0.1) is 13.0 Å². The Hall–Kier alpha value is -0.770. The maximum Gasteiger partial charge on any atom is 0.309 e. The van der Waals surface area contributed by atoms with Gasteiger partial charge in [-0.05, 0) is 48.5 Å². The van der Waals surface area contributed by atoms with Crippen LogP contribution in [-0.2, 0) is 33.2 Å². The molecule has 3 aliphatic rings. The number of ether oxygens (including phenoxy) is 6. The van der Waals surface area contributed by atoms with Gasteiger partial charge >= 0.3 is 5.97 Å². The van der Waals surface area contributed by atoms with Crippen LogP contribution in [0.3, 0.4) is 0 Å². The number of hydrogen-bond acceptors (Lipinski definition) is 8. The highest BCUT2D eigenvalue weighted by Gasteiger charge is 2.68. The minimum absolute atomic E-state index is 0.162. The Morgan fingerprint density at radius 2 is 1.81 bits per heavy atom. The van der Waals surface area contributed by atoms with Crippen molar-refractivity contribution in [2.45, 2.75) is 102 Å². The molecule has 0 amide bonds. The highest BCUT2D eigenvalue weighted by Crippen LogP contribution is 2.49. The van der Waals surface area contributed by atoms with Crippen molar-refractivity contribution in [3.05, 3.63) is 0 Å². The lowest BCUT2D eigenvalue weighted by atomic mass is 9.91. The van der Waals surface area contributed by atoms with Crippen molar-refractivity contribution in [3.8, 4) is 0 Å². The van der Waals surface area contributed by atoms with Crippen molar-refractivity contribution in [2.75, 3.05) is 6.61 Å². The zero-order chi connectivity index (χ0) is 19.5. The molecule has 3 rings (SSSR count). The number of aliphatic hydroxyl groups is 1.